The number of methoxy groups -OCH3 is 1. The third-order valence-electron chi connectivity index (χ3n) is 4.16. The normalized spacial score (nSPS) is 21.0. The van der Waals surface area contributed by atoms with E-state index in [-0.39, 0.29) is 23.9 Å². The third kappa shape index (κ3) is 3.67. The number of hydrogen-bond acceptors (Lipinski definition) is 4. The van der Waals surface area contributed by atoms with Crippen molar-refractivity contribution in [2.75, 3.05) is 25.1 Å². The predicted octanol–water partition coefficient (Wildman–Crippen LogP) is 1.37. The van der Waals surface area contributed by atoms with Crippen LogP contribution in [-0.4, -0.2) is 38.2 Å². The van der Waals surface area contributed by atoms with Gasteiger partial charge in [-0.05, 0) is 25.5 Å². The molecule has 1 saturated heterocycles. The Kier molecular flexibility index (Phi) is 5.07. The minimum Gasteiger partial charge on any atom is -0.495 e. The molecule has 0 aromatic heterocycles. The number of nitrogens with two attached hydrogens (primary N) is 1. The fraction of sp³-hybridized carbons (Fsp3) is 0.562. The van der Waals surface area contributed by atoms with E-state index in [4.69, 9.17) is 10.5 Å². The fourth-order valence-electron chi connectivity index (χ4n) is 2.56. The molecular formula is C16H25N3O2. The lowest BCUT2D eigenvalue weighted by Gasteiger charge is -2.22. The zero-order chi connectivity index (χ0) is 15.4. The van der Waals surface area contributed by atoms with E-state index in [2.05, 4.69) is 10.2 Å². The van der Waals surface area contributed by atoms with Gasteiger partial charge in [-0.1, -0.05) is 19.1 Å². The Morgan fingerprint density at radius 3 is 2.81 bits per heavy atom. The highest BCUT2D eigenvalue weighted by molar-refractivity contribution is 5.79. The van der Waals surface area contributed by atoms with E-state index in [1.54, 1.807) is 7.11 Å². The van der Waals surface area contributed by atoms with Crippen LogP contribution in [0.15, 0.2) is 24.3 Å². The molecule has 21 heavy (non-hydrogen) atoms. The van der Waals surface area contributed by atoms with Crippen LogP contribution in [0.4, 0.5) is 5.69 Å². The number of benzene rings is 1. The minimum absolute atomic E-state index is 0.0388. The Balaban J connectivity index is 1.96. The monoisotopic (exact) mass is 291 g/mol. The van der Waals surface area contributed by atoms with Gasteiger partial charge in [-0.25, -0.2) is 0 Å². The van der Waals surface area contributed by atoms with Gasteiger partial charge >= 0.3 is 0 Å². The number of carbonyl (C=O) groups excluding carboxylic acids is 1. The average molecular weight is 291 g/mol. The number of anilines is 1. The molecule has 1 aliphatic rings. The second kappa shape index (κ2) is 6.80. The summed E-state index contributed by atoms with van der Waals surface area (Å²) < 4.78 is 5.40. The Labute approximate surface area is 126 Å². The average Bonchev–Trinajstić information content (AvgIpc) is 2.94. The summed E-state index contributed by atoms with van der Waals surface area (Å²) in [4.78, 5) is 14.3. The maximum absolute atomic E-state index is 12.1. The van der Waals surface area contributed by atoms with Crippen LogP contribution in [-0.2, 0) is 4.79 Å². The molecule has 5 nitrogen and oxygen atoms in total. The Morgan fingerprint density at radius 1 is 1.43 bits per heavy atom. The van der Waals surface area contributed by atoms with Crippen molar-refractivity contribution in [3.8, 4) is 5.75 Å². The first-order valence-electron chi connectivity index (χ1n) is 7.47. The number of nitrogens with zero attached hydrogens (tertiary/aromatic N) is 1. The highest BCUT2D eigenvalue weighted by Gasteiger charge is 2.27. The van der Waals surface area contributed by atoms with Gasteiger partial charge in [0.2, 0.25) is 5.91 Å². The molecule has 0 radical (unpaired) electrons. The Bertz CT molecular complexity index is 490. The number of rotatable bonds is 5. The van der Waals surface area contributed by atoms with Crippen LogP contribution in [0.5, 0.6) is 5.75 Å². The smallest absolute Gasteiger partial charge is 0.224 e. The van der Waals surface area contributed by atoms with Gasteiger partial charge in [0.05, 0.1) is 12.8 Å². The minimum atomic E-state index is -0.162. The van der Waals surface area contributed by atoms with E-state index in [1.165, 1.54) is 0 Å². The molecule has 1 aromatic rings. The van der Waals surface area contributed by atoms with Crippen LogP contribution >= 0.6 is 0 Å². The van der Waals surface area contributed by atoms with Crippen LogP contribution in [0.25, 0.3) is 0 Å². The molecule has 1 aromatic carbocycles. The van der Waals surface area contributed by atoms with Crippen molar-refractivity contribution < 1.29 is 9.53 Å². The van der Waals surface area contributed by atoms with Crippen LogP contribution in [0, 0.1) is 5.92 Å². The molecule has 3 unspecified atom stereocenters. The number of ether oxygens (including phenoxy) is 1. The molecule has 1 heterocycles. The lowest BCUT2D eigenvalue weighted by Crippen LogP contribution is -2.44. The van der Waals surface area contributed by atoms with Crippen molar-refractivity contribution in [1.82, 2.24) is 5.32 Å². The lowest BCUT2D eigenvalue weighted by molar-refractivity contribution is -0.125. The number of hydrogen-bond donors (Lipinski definition) is 2. The van der Waals surface area contributed by atoms with Crippen molar-refractivity contribution in [2.45, 2.75) is 32.4 Å². The van der Waals surface area contributed by atoms with Gasteiger partial charge in [0.25, 0.3) is 0 Å². The summed E-state index contributed by atoms with van der Waals surface area (Å²) in [6.45, 7) is 5.45. The highest BCUT2D eigenvalue weighted by atomic mass is 16.5. The summed E-state index contributed by atoms with van der Waals surface area (Å²) in [5.74, 6) is 0.746. The Morgan fingerprint density at radius 2 is 2.14 bits per heavy atom. The van der Waals surface area contributed by atoms with Crippen molar-refractivity contribution in [3.63, 3.8) is 0 Å². The van der Waals surface area contributed by atoms with Gasteiger partial charge in [0.1, 0.15) is 5.75 Å². The fourth-order valence-corrected chi connectivity index (χ4v) is 2.56. The molecule has 0 bridgehead atoms. The molecular weight excluding hydrogens is 266 g/mol. The van der Waals surface area contributed by atoms with E-state index in [1.807, 2.05) is 38.1 Å². The van der Waals surface area contributed by atoms with Crippen molar-refractivity contribution >= 4 is 11.6 Å². The third-order valence-corrected chi connectivity index (χ3v) is 4.16. The van der Waals surface area contributed by atoms with Gasteiger partial charge in [0.15, 0.2) is 0 Å². The summed E-state index contributed by atoms with van der Waals surface area (Å²) in [6.07, 6.45) is 0.940. The topological polar surface area (TPSA) is 67.6 Å². The molecule has 1 fully saturated rings. The summed E-state index contributed by atoms with van der Waals surface area (Å²) >= 11 is 0. The first kappa shape index (κ1) is 15.6. The van der Waals surface area contributed by atoms with Crippen LogP contribution in [0.3, 0.4) is 0 Å². The zero-order valence-electron chi connectivity index (χ0n) is 13.0. The van der Waals surface area contributed by atoms with Crippen LogP contribution in [0.2, 0.25) is 0 Å². The number of amides is 1. The van der Waals surface area contributed by atoms with E-state index >= 15 is 0 Å². The number of nitrogens with one attached hydrogen (secondary N) is 1. The zero-order valence-corrected chi connectivity index (χ0v) is 13.0. The Hall–Kier alpha value is -1.75. The molecule has 3 N–H and O–H groups in total. The molecule has 1 aliphatic heterocycles. The van der Waals surface area contributed by atoms with Crippen LogP contribution < -0.4 is 20.7 Å². The molecule has 5 heteroatoms. The van der Waals surface area contributed by atoms with Gasteiger partial charge < -0.3 is 20.7 Å². The standard InChI is InChI=1S/C16H25N3O2/c1-11(12(2)17)16(20)18-13-8-9-19(10-13)14-6-4-5-7-15(14)21-3/h4-7,11-13H,8-10,17H2,1-3H3,(H,18,20). The van der Waals surface area contributed by atoms with Crippen LogP contribution in [0.1, 0.15) is 20.3 Å². The van der Waals surface area contributed by atoms with Crippen molar-refractivity contribution in [2.24, 2.45) is 11.7 Å². The van der Waals surface area contributed by atoms with Gasteiger partial charge in [0, 0.05) is 31.1 Å². The molecule has 0 aliphatic carbocycles. The van der Waals surface area contributed by atoms with Gasteiger partial charge in [-0.15, -0.1) is 0 Å². The predicted molar refractivity (Wildman–Crippen MR) is 84.6 cm³/mol. The molecule has 0 saturated carbocycles. The van der Waals surface area contributed by atoms with E-state index in [0.717, 1.165) is 30.9 Å². The largest absolute Gasteiger partial charge is 0.495 e. The summed E-state index contributed by atoms with van der Waals surface area (Å²) in [7, 11) is 1.68. The van der Waals surface area contributed by atoms with E-state index in [9.17, 15) is 4.79 Å². The second-order valence-corrected chi connectivity index (χ2v) is 5.76. The number of para-hydroxylation sites is 2. The summed E-state index contributed by atoms with van der Waals surface area (Å²) in [6, 6.07) is 8.01. The van der Waals surface area contributed by atoms with Gasteiger partial charge in [-0.3, -0.25) is 4.79 Å². The maximum Gasteiger partial charge on any atom is 0.224 e. The molecule has 1 amide bonds. The summed E-state index contributed by atoms with van der Waals surface area (Å²) in [5, 5.41) is 3.10. The molecule has 116 valence electrons. The van der Waals surface area contributed by atoms with Crippen molar-refractivity contribution in [3.05, 3.63) is 24.3 Å². The molecule has 3 atom stereocenters. The highest BCUT2D eigenvalue weighted by Crippen LogP contribution is 2.30. The van der Waals surface area contributed by atoms with Crippen molar-refractivity contribution in [1.29, 1.82) is 0 Å². The second-order valence-electron chi connectivity index (χ2n) is 5.76. The summed E-state index contributed by atoms with van der Waals surface area (Å²) in [5.41, 5.74) is 6.86. The molecule has 0 spiro atoms. The quantitative estimate of drug-likeness (QED) is 0.860. The first-order chi connectivity index (χ1) is 10.0. The lowest BCUT2D eigenvalue weighted by atomic mass is 10.0. The maximum atomic E-state index is 12.1. The van der Waals surface area contributed by atoms with Gasteiger partial charge in [-0.2, -0.15) is 0 Å². The van der Waals surface area contributed by atoms with E-state index in [0.29, 0.717) is 0 Å². The molecule has 2 rings (SSSR count). The van der Waals surface area contributed by atoms with E-state index < -0.39 is 0 Å². The SMILES string of the molecule is COc1ccccc1N1CCC(NC(=O)C(C)C(C)N)C1. The number of carbonyl (C=O) groups is 1. The first-order valence-corrected chi connectivity index (χ1v) is 7.47.